The van der Waals surface area contributed by atoms with Crippen molar-refractivity contribution in [3.05, 3.63) is 24.8 Å². The van der Waals surface area contributed by atoms with Gasteiger partial charge in [0.2, 0.25) is 0 Å². The van der Waals surface area contributed by atoms with Gasteiger partial charge in [-0.15, -0.1) is 6.58 Å². The minimum Gasteiger partial charge on any atom is -0.393 e. The molecule has 0 aromatic heterocycles. The number of aliphatic hydroxyl groups is 2. The van der Waals surface area contributed by atoms with Gasteiger partial charge in [-0.05, 0) is 68.1 Å². The van der Waals surface area contributed by atoms with Crippen molar-refractivity contribution >= 4 is 0 Å². The minimum atomic E-state index is -0.798. The van der Waals surface area contributed by atoms with Crippen molar-refractivity contribution < 1.29 is 10.2 Å². The van der Waals surface area contributed by atoms with Gasteiger partial charge in [0, 0.05) is 0 Å². The number of hydrogen-bond acceptors (Lipinski definition) is 2. The summed E-state index contributed by atoms with van der Waals surface area (Å²) in [5.74, 6) is 0.956. The Hall–Kier alpha value is -0.600. The van der Waals surface area contributed by atoms with E-state index in [-0.39, 0.29) is 16.9 Å². The van der Waals surface area contributed by atoms with Crippen molar-refractivity contribution in [1.82, 2.24) is 0 Å². The lowest BCUT2D eigenvalue weighted by Gasteiger charge is -2.59. The maximum atomic E-state index is 10.5. The van der Waals surface area contributed by atoms with Crippen LogP contribution in [0.25, 0.3) is 0 Å². The summed E-state index contributed by atoms with van der Waals surface area (Å²) >= 11 is 0. The molecule has 0 aromatic carbocycles. The Morgan fingerprint density at radius 2 is 1.95 bits per heavy atom. The molecule has 0 radical (unpaired) electrons. The summed E-state index contributed by atoms with van der Waals surface area (Å²) in [4.78, 5) is 0. The van der Waals surface area contributed by atoms with E-state index in [9.17, 15) is 10.2 Å². The summed E-state index contributed by atoms with van der Waals surface area (Å²) in [6.07, 6.45) is 7.25. The van der Waals surface area contributed by atoms with Crippen molar-refractivity contribution in [2.24, 2.45) is 22.7 Å². The summed E-state index contributed by atoms with van der Waals surface area (Å²) in [6, 6.07) is 0. The van der Waals surface area contributed by atoms with Crippen LogP contribution in [-0.2, 0) is 0 Å². The monoisotopic (exact) mass is 306 g/mol. The van der Waals surface area contributed by atoms with Gasteiger partial charge in [-0.3, -0.25) is 0 Å². The predicted molar refractivity (Wildman–Crippen MR) is 92.5 cm³/mol. The molecule has 2 fully saturated rings. The molecule has 0 aliphatic heterocycles. The van der Waals surface area contributed by atoms with Gasteiger partial charge in [0.05, 0.1) is 11.7 Å². The molecule has 2 saturated carbocycles. The zero-order valence-corrected chi connectivity index (χ0v) is 14.9. The van der Waals surface area contributed by atoms with E-state index >= 15 is 0 Å². The van der Waals surface area contributed by atoms with E-state index in [4.69, 9.17) is 0 Å². The fourth-order valence-corrected chi connectivity index (χ4v) is 5.24. The third-order valence-electron chi connectivity index (χ3n) is 6.93. The quantitative estimate of drug-likeness (QED) is 0.752. The Kier molecular flexibility index (Phi) is 4.68. The Balaban J connectivity index is 2.25. The third kappa shape index (κ3) is 2.92. The number of fused-ring (bicyclic) bond motifs is 1. The number of rotatable bonds is 4. The molecule has 0 saturated heterocycles. The topological polar surface area (TPSA) is 40.5 Å². The molecule has 5 atom stereocenters. The zero-order chi connectivity index (χ0) is 16.8. The standard InChI is InChI=1S/C20H34O2/c1-7-19(5,22)12-10-15-14(2)8-9-16-18(3,4)17(21)11-13-20(15,16)6/h7,15-17,21-22H,1-2,8-13H2,3-6H3/t15-,16-,17-,19-,20+/m1/s1. The number of allylic oxidation sites excluding steroid dienone is 1. The molecule has 2 heteroatoms. The highest BCUT2D eigenvalue weighted by Crippen LogP contribution is 2.61. The maximum Gasteiger partial charge on any atom is 0.0797 e. The first-order valence-electron chi connectivity index (χ1n) is 8.76. The lowest BCUT2D eigenvalue weighted by molar-refractivity contribution is -0.126. The van der Waals surface area contributed by atoms with Crippen molar-refractivity contribution in [1.29, 1.82) is 0 Å². The second-order valence-electron chi connectivity index (χ2n) is 8.78. The smallest absolute Gasteiger partial charge is 0.0797 e. The Labute approximate surface area is 136 Å². The van der Waals surface area contributed by atoms with Gasteiger partial charge >= 0.3 is 0 Å². The van der Waals surface area contributed by atoms with Crippen molar-refractivity contribution in [2.75, 3.05) is 0 Å². The summed E-state index contributed by atoms with van der Waals surface area (Å²) in [7, 11) is 0. The van der Waals surface area contributed by atoms with Gasteiger partial charge in [-0.2, -0.15) is 0 Å². The maximum absolute atomic E-state index is 10.5. The van der Waals surface area contributed by atoms with Gasteiger partial charge in [-0.1, -0.05) is 39.0 Å². The molecule has 0 spiro atoms. The lowest BCUT2D eigenvalue weighted by Crippen LogP contribution is -2.54. The van der Waals surface area contributed by atoms with Crippen molar-refractivity contribution in [3.63, 3.8) is 0 Å². The molecule has 0 bridgehead atoms. The van der Waals surface area contributed by atoms with Crippen LogP contribution < -0.4 is 0 Å². The Morgan fingerprint density at radius 3 is 2.55 bits per heavy atom. The highest BCUT2D eigenvalue weighted by Gasteiger charge is 2.55. The van der Waals surface area contributed by atoms with Crippen LogP contribution in [0.1, 0.15) is 66.2 Å². The van der Waals surface area contributed by atoms with Crippen molar-refractivity contribution in [2.45, 2.75) is 77.9 Å². The van der Waals surface area contributed by atoms with E-state index in [1.54, 1.807) is 6.08 Å². The van der Waals surface area contributed by atoms with Crippen LogP contribution in [0, 0.1) is 22.7 Å². The predicted octanol–water partition coefficient (Wildman–Crippen LogP) is 4.47. The first-order valence-corrected chi connectivity index (χ1v) is 8.76. The van der Waals surface area contributed by atoms with Crippen LogP contribution >= 0.6 is 0 Å². The SMILES string of the molecule is C=C[C@@](C)(O)CC[C@@H]1C(=C)CC[C@@H]2C(C)(C)[C@H](O)CC[C@@]12C. The molecule has 2 aliphatic rings. The highest BCUT2D eigenvalue weighted by molar-refractivity contribution is 5.17. The second-order valence-corrected chi connectivity index (χ2v) is 8.78. The Morgan fingerprint density at radius 1 is 1.32 bits per heavy atom. The van der Waals surface area contributed by atoms with E-state index in [2.05, 4.69) is 33.9 Å². The molecular formula is C20H34O2. The molecule has 2 nitrogen and oxygen atoms in total. The van der Waals surface area contributed by atoms with Gasteiger partial charge in [0.1, 0.15) is 0 Å². The normalized spacial score (nSPS) is 40.6. The lowest BCUT2D eigenvalue weighted by atomic mass is 9.46. The molecule has 2 aliphatic carbocycles. The second kappa shape index (κ2) is 5.79. The third-order valence-corrected chi connectivity index (χ3v) is 6.93. The molecule has 0 amide bonds. The molecule has 126 valence electrons. The minimum absolute atomic E-state index is 0.0348. The summed E-state index contributed by atoms with van der Waals surface area (Å²) in [5, 5.41) is 20.7. The van der Waals surface area contributed by atoms with Gasteiger partial charge in [-0.25, -0.2) is 0 Å². The molecule has 0 heterocycles. The Bertz CT molecular complexity index is 449. The molecule has 2 N–H and O–H groups in total. The molecule has 22 heavy (non-hydrogen) atoms. The summed E-state index contributed by atoms with van der Waals surface area (Å²) < 4.78 is 0. The molecule has 0 aromatic rings. The van der Waals surface area contributed by atoms with Gasteiger partial charge < -0.3 is 10.2 Å². The van der Waals surface area contributed by atoms with Crippen LogP contribution in [0.2, 0.25) is 0 Å². The van der Waals surface area contributed by atoms with Crippen LogP contribution in [0.4, 0.5) is 0 Å². The summed E-state index contributed by atoms with van der Waals surface area (Å²) in [6.45, 7) is 16.8. The molecule has 0 unspecified atom stereocenters. The first kappa shape index (κ1) is 17.7. The van der Waals surface area contributed by atoms with E-state index in [1.165, 1.54) is 5.57 Å². The van der Waals surface area contributed by atoms with E-state index in [1.807, 2.05) is 6.92 Å². The average molecular weight is 306 g/mol. The fourth-order valence-electron chi connectivity index (χ4n) is 5.24. The zero-order valence-electron chi connectivity index (χ0n) is 14.9. The highest BCUT2D eigenvalue weighted by atomic mass is 16.3. The van der Waals surface area contributed by atoms with E-state index in [0.29, 0.717) is 11.8 Å². The fraction of sp³-hybridized carbons (Fsp3) is 0.800. The first-order chi connectivity index (χ1) is 10.0. The van der Waals surface area contributed by atoms with E-state index < -0.39 is 5.60 Å². The van der Waals surface area contributed by atoms with Crippen molar-refractivity contribution in [3.8, 4) is 0 Å². The van der Waals surface area contributed by atoms with Crippen LogP contribution in [-0.4, -0.2) is 21.9 Å². The summed E-state index contributed by atoms with van der Waals surface area (Å²) in [5.41, 5.74) is 0.695. The number of aliphatic hydroxyl groups excluding tert-OH is 1. The molecule has 2 rings (SSSR count). The molecular weight excluding hydrogens is 272 g/mol. The van der Waals surface area contributed by atoms with Gasteiger partial charge in [0.25, 0.3) is 0 Å². The van der Waals surface area contributed by atoms with Crippen LogP contribution in [0.15, 0.2) is 24.8 Å². The van der Waals surface area contributed by atoms with E-state index in [0.717, 1.165) is 38.5 Å². The van der Waals surface area contributed by atoms with Crippen LogP contribution in [0.3, 0.4) is 0 Å². The largest absolute Gasteiger partial charge is 0.393 e. The number of hydrogen-bond donors (Lipinski definition) is 2. The van der Waals surface area contributed by atoms with Crippen LogP contribution in [0.5, 0.6) is 0 Å². The van der Waals surface area contributed by atoms with Gasteiger partial charge in [0.15, 0.2) is 0 Å². The average Bonchev–Trinajstić information content (AvgIpc) is 2.42.